The van der Waals surface area contributed by atoms with E-state index in [-0.39, 0.29) is 23.2 Å². The number of halogens is 1. The van der Waals surface area contributed by atoms with Crippen molar-refractivity contribution in [3.63, 3.8) is 0 Å². The number of carbonyl (C=O) groups excluding carboxylic acids is 1. The van der Waals surface area contributed by atoms with Gasteiger partial charge >= 0.3 is 0 Å². The van der Waals surface area contributed by atoms with Crippen LogP contribution in [-0.4, -0.2) is 34.5 Å². The van der Waals surface area contributed by atoms with Crippen molar-refractivity contribution in [1.82, 2.24) is 4.90 Å². The Morgan fingerprint density at radius 2 is 1.91 bits per heavy atom. The summed E-state index contributed by atoms with van der Waals surface area (Å²) < 4.78 is 0. The van der Waals surface area contributed by atoms with Crippen LogP contribution in [-0.2, 0) is 17.8 Å². The molecule has 2 saturated heterocycles. The van der Waals surface area contributed by atoms with Crippen molar-refractivity contribution >= 4 is 23.0 Å². The van der Waals surface area contributed by atoms with Crippen molar-refractivity contribution in [2.75, 3.05) is 13.2 Å². The van der Waals surface area contributed by atoms with Crippen LogP contribution < -0.4 is 0 Å². The predicted molar refractivity (Wildman–Crippen MR) is 127 cm³/mol. The average molecular weight is 448 g/mol. The van der Waals surface area contributed by atoms with Gasteiger partial charge in [-0.1, -0.05) is 67.4 Å². The van der Waals surface area contributed by atoms with Gasteiger partial charge < -0.3 is 5.11 Å². The molecule has 3 fully saturated rings. The molecule has 2 heterocycles. The minimum atomic E-state index is -0.758. The first-order valence-corrected chi connectivity index (χ1v) is 12.1. The minimum absolute atomic E-state index is 0.0148. The van der Waals surface area contributed by atoms with Gasteiger partial charge in [-0.2, -0.15) is 0 Å². The summed E-state index contributed by atoms with van der Waals surface area (Å²) in [6, 6.07) is 16.7. The van der Waals surface area contributed by atoms with Crippen LogP contribution in [0.25, 0.3) is 5.57 Å². The third kappa shape index (κ3) is 2.65. The van der Waals surface area contributed by atoms with Gasteiger partial charge in [0.15, 0.2) is 5.78 Å². The Balaban J connectivity index is 1.45. The number of piperidine rings is 2. The number of carbonyl (C=O) groups is 1. The summed E-state index contributed by atoms with van der Waals surface area (Å²) >= 11 is 6.33. The lowest BCUT2D eigenvalue weighted by Gasteiger charge is -2.66. The quantitative estimate of drug-likeness (QED) is 0.694. The highest BCUT2D eigenvalue weighted by atomic mass is 35.5. The van der Waals surface area contributed by atoms with E-state index >= 15 is 0 Å². The number of Topliss-reactive ketones (excluding diaryl/α,β-unsaturated/α-hetero) is 1. The van der Waals surface area contributed by atoms with Crippen molar-refractivity contribution in [2.24, 2.45) is 16.7 Å². The summed E-state index contributed by atoms with van der Waals surface area (Å²) in [6.07, 6.45) is 3.23. The SMILES string of the molecule is CC1(C)C2=C(C[C@]34CC(=O)[C@](CO)(CC13)N(Cc1ccccc1)C4)c1ccc(Cl)cc1C2. The van der Waals surface area contributed by atoms with Crippen LogP contribution in [0.2, 0.25) is 5.02 Å². The Bertz CT molecular complexity index is 1150. The van der Waals surface area contributed by atoms with Crippen LogP contribution in [0.15, 0.2) is 54.1 Å². The molecule has 7 rings (SSSR count). The van der Waals surface area contributed by atoms with E-state index in [1.807, 2.05) is 24.3 Å². The van der Waals surface area contributed by atoms with E-state index in [0.29, 0.717) is 18.9 Å². The second kappa shape index (κ2) is 6.79. The van der Waals surface area contributed by atoms with E-state index in [4.69, 9.17) is 11.6 Å². The van der Waals surface area contributed by atoms with Crippen LogP contribution in [0.5, 0.6) is 0 Å². The minimum Gasteiger partial charge on any atom is -0.394 e. The van der Waals surface area contributed by atoms with Crippen LogP contribution in [0.1, 0.15) is 49.8 Å². The van der Waals surface area contributed by atoms with Crippen molar-refractivity contribution in [1.29, 1.82) is 0 Å². The van der Waals surface area contributed by atoms with E-state index in [0.717, 1.165) is 30.8 Å². The summed E-state index contributed by atoms with van der Waals surface area (Å²) in [5, 5.41) is 11.4. The van der Waals surface area contributed by atoms with Gasteiger partial charge in [0.2, 0.25) is 0 Å². The topological polar surface area (TPSA) is 40.5 Å². The van der Waals surface area contributed by atoms with Crippen molar-refractivity contribution in [3.05, 3.63) is 75.8 Å². The maximum Gasteiger partial charge on any atom is 0.156 e. The number of aliphatic hydroxyl groups is 1. The number of aliphatic hydroxyl groups excluding tert-OH is 1. The third-order valence-corrected chi connectivity index (χ3v) is 9.44. The number of allylic oxidation sites excluding steroid dienone is 2. The molecule has 2 bridgehead atoms. The fourth-order valence-corrected chi connectivity index (χ4v) is 7.84. The molecule has 2 aromatic rings. The maximum absolute atomic E-state index is 13.6. The van der Waals surface area contributed by atoms with Gasteiger partial charge in [0.05, 0.1) is 6.61 Å². The molecule has 3 nitrogen and oxygen atoms in total. The molecule has 0 amide bonds. The lowest BCUT2D eigenvalue weighted by molar-refractivity contribution is -0.183. The molecule has 1 saturated carbocycles. The fourth-order valence-electron chi connectivity index (χ4n) is 7.65. The Morgan fingerprint density at radius 1 is 1.12 bits per heavy atom. The number of fused-ring (bicyclic) bond motifs is 4. The molecule has 0 aromatic heterocycles. The highest BCUT2D eigenvalue weighted by molar-refractivity contribution is 6.30. The molecule has 1 spiro atoms. The first kappa shape index (κ1) is 20.7. The van der Waals surface area contributed by atoms with E-state index < -0.39 is 5.54 Å². The Kier molecular flexibility index (Phi) is 4.38. The highest BCUT2D eigenvalue weighted by Crippen LogP contribution is 2.67. The summed E-state index contributed by atoms with van der Waals surface area (Å²) in [7, 11) is 0. The second-order valence-corrected chi connectivity index (χ2v) is 11.5. The van der Waals surface area contributed by atoms with E-state index in [2.05, 4.69) is 43.0 Å². The number of benzene rings is 2. The fraction of sp³-hybridized carbons (Fsp3) is 0.464. The van der Waals surface area contributed by atoms with Gasteiger partial charge in [-0.25, -0.2) is 0 Å². The largest absolute Gasteiger partial charge is 0.394 e. The van der Waals surface area contributed by atoms with E-state index in [9.17, 15) is 9.90 Å². The summed E-state index contributed by atoms with van der Waals surface area (Å²) in [6.45, 7) is 6.23. The molecule has 5 aliphatic rings. The van der Waals surface area contributed by atoms with Crippen LogP contribution in [0, 0.1) is 16.7 Å². The van der Waals surface area contributed by atoms with Crippen molar-refractivity contribution in [2.45, 2.75) is 51.6 Å². The van der Waals surface area contributed by atoms with Gasteiger partial charge in [0.1, 0.15) is 5.54 Å². The highest BCUT2D eigenvalue weighted by Gasteiger charge is 2.67. The number of nitrogens with zero attached hydrogens (tertiary/aromatic N) is 1. The smallest absolute Gasteiger partial charge is 0.156 e. The Labute approximate surface area is 195 Å². The standard InChI is InChI=1S/C28H30ClNO2/c1-26(2)23-11-19-10-20(29)8-9-21(19)22(23)12-27-14-25(32)28(17-31,13-24(26)27)30(16-27)15-18-6-4-3-5-7-18/h3-10,24,31H,11-17H2,1-2H3/t24?,27-,28-/m1/s1. The molecule has 1 unspecified atom stereocenters. The number of hydrogen-bond donors (Lipinski definition) is 1. The van der Waals surface area contributed by atoms with Gasteiger partial charge in [0.25, 0.3) is 0 Å². The zero-order valence-electron chi connectivity index (χ0n) is 18.8. The number of ketones is 1. The normalized spacial score (nSPS) is 32.6. The van der Waals surface area contributed by atoms with Crippen LogP contribution in [0.3, 0.4) is 0 Å². The molecule has 3 aliphatic carbocycles. The average Bonchev–Trinajstić information content (AvgIpc) is 3.12. The molecule has 2 aliphatic heterocycles. The lowest BCUT2D eigenvalue weighted by Crippen LogP contribution is -2.73. The summed E-state index contributed by atoms with van der Waals surface area (Å²) in [5.41, 5.74) is 5.97. The molecule has 4 heteroatoms. The van der Waals surface area contributed by atoms with Crippen LogP contribution >= 0.6 is 11.6 Å². The van der Waals surface area contributed by atoms with Crippen LogP contribution in [0.4, 0.5) is 0 Å². The number of hydrogen-bond acceptors (Lipinski definition) is 3. The second-order valence-electron chi connectivity index (χ2n) is 11.1. The van der Waals surface area contributed by atoms with Gasteiger partial charge in [-0.15, -0.1) is 0 Å². The van der Waals surface area contributed by atoms with Gasteiger partial charge in [-0.3, -0.25) is 9.69 Å². The molecule has 0 radical (unpaired) electrons. The Hall–Kier alpha value is -1.94. The van der Waals surface area contributed by atoms with Gasteiger partial charge in [0, 0.05) is 24.5 Å². The molecule has 3 atom stereocenters. The first-order valence-electron chi connectivity index (χ1n) is 11.7. The van der Waals surface area contributed by atoms with Gasteiger partial charge in [-0.05, 0) is 70.4 Å². The first-order chi connectivity index (χ1) is 15.3. The zero-order valence-corrected chi connectivity index (χ0v) is 19.6. The molecular weight excluding hydrogens is 418 g/mol. The molecule has 166 valence electrons. The van der Waals surface area contributed by atoms with E-state index in [1.54, 1.807) is 0 Å². The molecule has 1 N–H and O–H groups in total. The van der Waals surface area contributed by atoms with Crippen molar-refractivity contribution < 1.29 is 9.90 Å². The lowest BCUT2D eigenvalue weighted by atomic mass is 9.44. The number of rotatable bonds is 3. The predicted octanol–water partition coefficient (Wildman–Crippen LogP) is 5.29. The molecular formula is C28H30ClNO2. The Morgan fingerprint density at radius 3 is 2.66 bits per heavy atom. The van der Waals surface area contributed by atoms with E-state index in [1.165, 1.54) is 27.8 Å². The third-order valence-electron chi connectivity index (χ3n) is 9.20. The monoisotopic (exact) mass is 447 g/mol. The molecule has 32 heavy (non-hydrogen) atoms. The maximum atomic E-state index is 13.6. The summed E-state index contributed by atoms with van der Waals surface area (Å²) in [4.78, 5) is 15.9. The van der Waals surface area contributed by atoms with Crippen molar-refractivity contribution in [3.8, 4) is 0 Å². The summed E-state index contributed by atoms with van der Waals surface area (Å²) in [5.74, 6) is 0.614. The molecule has 2 aromatic carbocycles. The zero-order chi connectivity index (χ0) is 22.3.